The Kier molecular flexibility index (Phi) is 9.76. The fraction of sp³-hybridized carbons (Fsp3) is 0.462. The van der Waals surface area contributed by atoms with Crippen molar-refractivity contribution in [2.75, 3.05) is 24.9 Å². The first-order valence-corrected chi connectivity index (χ1v) is 14.0. The third-order valence-corrected chi connectivity index (χ3v) is 8.64. The van der Waals surface area contributed by atoms with Crippen molar-refractivity contribution in [1.29, 1.82) is 0 Å². The molecule has 10 heteroatoms. The van der Waals surface area contributed by atoms with E-state index in [9.17, 15) is 18.0 Å². The van der Waals surface area contributed by atoms with E-state index in [1.807, 2.05) is 13.0 Å². The van der Waals surface area contributed by atoms with Gasteiger partial charge in [-0.2, -0.15) is 12.7 Å². The summed E-state index contributed by atoms with van der Waals surface area (Å²) in [6.45, 7) is 1.47. The predicted octanol–water partition coefficient (Wildman–Crippen LogP) is 3.82. The van der Waals surface area contributed by atoms with E-state index >= 15 is 0 Å². The van der Waals surface area contributed by atoms with Crippen molar-refractivity contribution in [2.45, 2.75) is 57.7 Å². The molecule has 0 aromatic heterocycles. The van der Waals surface area contributed by atoms with Gasteiger partial charge in [-0.3, -0.25) is 9.59 Å². The van der Waals surface area contributed by atoms with Gasteiger partial charge < -0.3 is 10.2 Å². The highest BCUT2D eigenvalue weighted by Crippen LogP contribution is 2.24. The van der Waals surface area contributed by atoms with Crippen molar-refractivity contribution in [3.8, 4) is 0 Å². The van der Waals surface area contributed by atoms with Gasteiger partial charge in [0.05, 0.1) is 5.69 Å². The summed E-state index contributed by atoms with van der Waals surface area (Å²) in [5.74, 6) is -0.718. The van der Waals surface area contributed by atoms with E-state index in [4.69, 9.17) is 11.6 Å². The van der Waals surface area contributed by atoms with Gasteiger partial charge >= 0.3 is 10.2 Å². The third-order valence-electron chi connectivity index (χ3n) is 6.45. The number of rotatable bonds is 11. The first-order chi connectivity index (χ1) is 17.1. The molecule has 2 aromatic carbocycles. The van der Waals surface area contributed by atoms with Crippen molar-refractivity contribution < 1.29 is 18.0 Å². The number of hydrogen-bond acceptors (Lipinski definition) is 4. The quantitative estimate of drug-likeness (QED) is 0.474. The maximum Gasteiger partial charge on any atom is 0.304 e. The van der Waals surface area contributed by atoms with Gasteiger partial charge in [-0.15, -0.1) is 0 Å². The summed E-state index contributed by atoms with van der Waals surface area (Å²) >= 11 is 6.40. The molecule has 0 bridgehead atoms. The van der Waals surface area contributed by atoms with Crippen LogP contribution in [0.2, 0.25) is 5.02 Å². The van der Waals surface area contributed by atoms with Crippen LogP contribution >= 0.6 is 11.6 Å². The second-order valence-corrected chi connectivity index (χ2v) is 11.6. The topological polar surface area (TPSA) is 90.0 Å². The minimum Gasteiger partial charge on any atom is -0.352 e. The lowest BCUT2D eigenvalue weighted by atomic mass is 10.1. The van der Waals surface area contributed by atoms with Crippen LogP contribution in [-0.2, 0) is 26.3 Å². The molecule has 36 heavy (non-hydrogen) atoms. The van der Waals surface area contributed by atoms with E-state index in [1.165, 1.54) is 19.0 Å². The van der Waals surface area contributed by atoms with Crippen LogP contribution in [0.5, 0.6) is 0 Å². The van der Waals surface area contributed by atoms with E-state index < -0.39 is 28.7 Å². The van der Waals surface area contributed by atoms with Crippen LogP contribution in [-0.4, -0.2) is 62.2 Å². The Morgan fingerprint density at radius 1 is 1.03 bits per heavy atom. The highest BCUT2D eigenvalue weighted by Gasteiger charge is 2.34. The Labute approximate surface area is 219 Å². The Hall–Kier alpha value is -2.62. The van der Waals surface area contributed by atoms with E-state index in [-0.39, 0.29) is 18.5 Å². The molecule has 0 spiro atoms. The zero-order valence-electron chi connectivity index (χ0n) is 21.1. The number of halogens is 1. The molecule has 8 nitrogen and oxygen atoms in total. The molecule has 0 saturated heterocycles. The molecule has 1 N–H and O–H groups in total. The molecule has 1 aliphatic rings. The molecule has 1 saturated carbocycles. The molecule has 1 atom stereocenters. The Morgan fingerprint density at radius 2 is 1.64 bits per heavy atom. The fourth-order valence-corrected chi connectivity index (χ4v) is 5.66. The van der Waals surface area contributed by atoms with E-state index in [1.54, 1.807) is 48.5 Å². The number of carbonyl (C=O) groups excluding carboxylic acids is 2. The van der Waals surface area contributed by atoms with Crippen LogP contribution in [0.3, 0.4) is 0 Å². The number of benzene rings is 2. The number of hydrogen-bond donors (Lipinski definition) is 1. The zero-order chi connectivity index (χ0) is 26.3. The average Bonchev–Trinajstić information content (AvgIpc) is 3.36. The smallest absolute Gasteiger partial charge is 0.304 e. The second kappa shape index (κ2) is 12.6. The molecule has 0 unspecified atom stereocenters. The Balaban J connectivity index is 1.96. The Morgan fingerprint density at radius 3 is 2.22 bits per heavy atom. The minimum absolute atomic E-state index is 0.0831. The molecule has 1 aliphatic carbocycles. The molecular weight excluding hydrogens is 500 g/mol. The second-order valence-electron chi connectivity index (χ2n) is 9.16. The maximum absolute atomic E-state index is 13.8. The van der Waals surface area contributed by atoms with Gasteiger partial charge in [0.25, 0.3) is 0 Å². The van der Waals surface area contributed by atoms with Crippen LogP contribution in [0.1, 0.15) is 44.6 Å². The number of anilines is 1. The SMILES string of the molecule is CC[C@@H](C(=O)NC1CCCC1)N(Cc1ccccc1Cl)C(=O)CN(c1ccccc1)S(=O)(=O)N(C)C. The molecule has 2 aromatic rings. The van der Waals surface area contributed by atoms with Gasteiger partial charge in [0.15, 0.2) is 0 Å². The molecular formula is C26H35ClN4O4S. The van der Waals surface area contributed by atoms with E-state index in [0.29, 0.717) is 22.7 Å². The van der Waals surface area contributed by atoms with E-state index in [0.717, 1.165) is 34.3 Å². The minimum atomic E-state index is -3.98. The largest absolute Gasteiger partial charge is 0.352 e. The zero-order valence-corrected chi connectivity index (χ0v) is 22.6. The molecule has 0 radical (unpaired) electrons. The van der Waals surface area contributed by atoms with Crippen molar-refractivity contribution in [3.63, 3.8) is 0 Å². The van der Waals surface area contributed by atoms with Gasteiger partial charge in [0.2, 0.25) is 11.8 Å². The van der Waals surface area contributed by atoms with Crippen molar-refractivity contribution >= 4 is 39.3 Å². The first-order valence-electron chi connectivity index (χ1n) is 12.2. The number of nitrogens with one attached hydrogen (secondary N) is 1. The standard InChI is InChI=1S/C26H35ClN4O4S/c1-4-24(26(33)28-21-13-9-10-14-21)30(18-20-12-8-11-17-23(20)27)25(32)19-31(36(34,35)29(2)3)22-15-6-5-7-16-22/h5-8,11-12,15-17,21,24H,4,9-10,13-14,18-19H2,1-3H3,(H,28,33)/t24-/m0/s1. The monoisotopic (exact) mass is 534 g/mol. The van der Waals surface area contributed by atoms with Crippen molar-refractivity contribution in [3.05, 3.63) is 65.2 Å². The number of carbonyl (C=O) groups is 2. The Bertz CT molecular complexity index is 1140. The maximum atomic E-state index is 13.8. The summed E-state index contributed by atoms with van der Waals surface area (Å²) in [7, 11) is -1.14. The number of para-hydroxylation sites is 1. The normalized spacial score (nSPS) is 15.0. The van der Waals surface area contributed by atoms with E-state index in [2.05, 4.69) is 5.32 Å². The van der Waals surface area contributed by atoms with Crippen molar-refractivity contribution in [2.24, 2.45) is 0 Å². The van der Waals surface area contributed by atoms with Crippen molar-refractivity contribution in [1.82, 2.24) is 14.5 Å². The molecule has 2 amide bonds. The summed E-state index contributed by atoms with van der Waals surface area (Å²) < 4.78 is 28.5. The molecule has 3 rings (SSSR count). The van der Waals surface area contributed by atoms with Crippen LogP contribution < -0.4 is 9.62 Å². The summed E-state index contributed by atoms with van der Waals surface area (Å²) in [5.41, 5.74) is 1.04. The number of amides is 2. The summed E-state index contributed by atoms with van der Waals surface area (Å²) in [5, 5.41) is 3.57. The fourth-order valence-electron chi connectivity index (χ4n) is 4.41. The molecule has 0 aliphatic heterocycles. The predicted molar refractivity (Wildman–Crippen MR) is 143 cm³/mol. The number of nitrogens with zero attached hydrogens (tertiary/aromatic N) is 3. The van der Waals surface area contributed by atoms with Gasteiger partial charge in [-0.05, 0) is 43.0 Å². The summed E-state index contributed by atoms with van der Waals surface area (Å²) in [4.78, 5) is 28.6. The lowest BCUT2D eigenvalue weighted by Crippen LogP contribution is -2.54. The van der Waals surface area contributed by atoms with Gasteiger partial charge in [-0.25, -0.2) is 4.31 Å². The summed E-state index contributed by atoms with van der Waals surface area (Å²) in [6, 6.07) is 14.9. The highest BCUT2D eigenvalue weighted by molar-refractivity contribution is 7.90. The van der Waals surface area contributed by atoms with Gasteiger partial charge in [0.1, 0.15) is 12.6 Å². The molecule has 196 valence electrons. The first kappa shape index (κ1) is 28.0. The molecule has 0 heterocycles. The molecule has 1 fully saturated rings. The van der Waals surface area contributed by atoms with Crippen LogP contribution in [0.15, 0.2) is 54.6 Å². The highest BCUT2D eigenvalue weighted by atomic mass is 35.5. The third kappa shape index (κ3) is 6.78. The van der Waals surface area contributed by atoms with Crippen LogP contribution in [0.25, 0.3) is 0 Å². The van der Waals surface area contributed by atoms with Crippen LogP contribution in [0, 0.1) is 0 Å². The lowest BCUT2D eigenvalue weighted by Gasteiger charge is -2.34. The van der Waals surface area contributed by atoms with Gasteiger partial charge in [-0.1, -0.05) is 67.8 Å². The van der Waals surface area contributed by atoms with Crippen LogP contribution in [0.4, 0.5) is 5.69 Å². The lowest BCUT2D eigenvalue weighted by molar-refractivity contribution is -0.140. The average molecular weight is 535 g/mol. The summed E-state index contributed by atoms with van der Waals surface area (Å²) in [6.07, 6.45) is 4.35. The van der Waals surface area contributed by atoms with Gasteiger partial charge in [0, 0.05) is 31.7 Å².